The number of amides is 2. The predicted octanol–water partition coefficient (Wildman–Crippen LogP) is 4.26. The average Bonchev–Trinajstić information content (AvgIpc) is 3.51. The number of rotatable bonds is 8. The van der Waals surface area contributed by atoms with Crippen molar-refractivity contribution in [2.45, 2.75) is 54.3 Å². The first-order chi connectivity index (χ1) is 19.0. The lowest BCUT2D eigenvalue weighted by atomic mass is 9.90. The van der Waals surface area contributed by atoms with Crippen molar-refractivity contribution in [1.29, 1.82) is 0 Å². The summed E-state index contributed by atoms with van der Waals surface area (Å²) >= 11 is 0. The SMILES string of the molecule is CCN1C(=O)C(C)(C)C(=O)N(C)c2cc(CN(CCn3ccc4oc(C)cc4c3=O)Cc3ncoc3C)ccc21. The number of pyridine rings is 1. The summed E-state index contributed by atoms with van der Waals surface area (Å²) in [6, 6.07) is 9.46. The van der Waals surface area contributed by atoms with Gasteiger partial charge in [-0.05, 0) is 64.4 Å². The zero-order chi connectivity index (χ0) is 28.8. The van der Waals surface area contributed by atoms with Crippen LogP contribution in [0.25, 0.3) is 11.0 Å². The van der Waals surface area contributed by atoms with E-state index < -0.39 is 5.41 Å². The fraction of sp³-hybridized carbons (Fsp3) is 0.400. The van der Waals surface area contributed by atoms with E-state index in [9.17, 15) is 14.4 Å². The van der Waals surface area contributed by atoms with Crippen molar-refractivity contribution in [3.05, 3.63) is 76.1 Å². The van der Waals surface area contributed by atoms with Crippen LogP contribution in [-0.2, 0) is 29.2 Å². The minimum atomic E-state index is -1.16. The number of aromatic nitrogens is 2. The zero-order valence-electron chi connectivity index (χ0n) is 23.9. The molecule has 0 saturated heterocycles. The molecule has 1 aliphatic heterocycles. The Balaban J connectivity index is 1.45. The maximum atomic E-state index is 13.3. The van der Waals surface area contributed by atoms with Gasteiger partial charge in [0.05, 0.1) is 22.5 Å². The van der Waals surface area contributed by atoms with Crippen LogP contribution in [0.5, 0.6) is 0 Å². The van der Waals surface area contributed by atoms with Gasteiger partial charge in [0.15, 0.2) is 6.39 Å². The molecule has 10 heteroatoms. The number of benzene rings is 1. The molecule has 2 amide bonds. The molecule has 0 fully saturated rings. The number of carbonyl (C=O) groups is 2. The van der Waals surface area contributed by atoms with Crippen LogP contribution >= 0.6 is 0 Å². The number of hydrogen-bond donors (Lipinski definition) is 0. The summed E-state index contributed by atoms with van der Waals surface area (Å²) < 4.78 is 12.7. The van der Waals surface area contributed by atoms with Crippen LogP contribution < -0.4 is 15.4 Å². The van der Waals surface area contributed by atoms with Gasteiger partial charge >= 0.3 is 0 Å². The molecule has 4 heterocycles. The second-order valence-electron chi connectivity index (χ2n) is 10.9. The van der Waals surface area contributed by atoms with Crippen molar-refractivity contribution < 1.29 is 18.4 Å². The fourth-order valence-corrected chi connectivity index (χ4v) is 5.34. The van der Waals surface area contributed by atoms with Gasteiger partial charge in [0.25, 0.3) is 5.56 Å². The molecule has 0 unspecified atom stereocenters. The van der Waals surface area contributed by atoms with Crippen molar-refractivity contribution in [2.75, 3.05) is 29.9 Å². The molecule has 40 heavy (non-hydrogen) atoms. The third-order valence-corrected chi connectivity index (χ3v) is 7.69. The molecular formula is C30H35N5O5. The summed E-state index contributed by atoms with van der Waals surface area (Å²) in [5.41, 5.74) is 2.52. The highest BCUT2D eigenvalue weighted by molar-refractivity contribution is 6.19. The minimum absolute atomic E-state index is 0.0935. The smallest absolute Gasteiger partial charge is 0.261 e. The maximum Gasteiger partial charge on any atom is 0.261 e. The summed E-state index contributed by atoms with van der Waals surface area (Å²) in [6.07, 6.45) is 3.19. The number of anilines is 2. The van der Waals surface area contributed by atoms with Crippen LogP contribution in [0.15, 0.2) is 56.6 Å². The third-order valence-electron chi connectivity index (χ3n) is 7.69. The number of oxazole rings is 1. The van der Waals surface area contributed by atoms with Gasteiger partial charge in [0, 0.05) is 46.0 Å². The second kappa shape index (κ2) is 10.4. The van der Waals surface area contributed by atoms with Crippen molar-refractivity contribution >= 4 is 34.2 Å². The molecule has 0 bridgehead atoms. The van der Waals surface area contributed by atoms with E-state index in [2.05, 4.69) is 9.88 Å². The molecular weight excluding hydrogens is 510 g/mol. The van der Waals surface area contributed by atoms with Gasteiger partial charge in [-0.1, -0.05) is 6.07 Å². The summed E-state index contributed by atoms with van der Waals surface area (Å²) in [4.78, 5) is 49.4. The Morgan fingerprint density at radius 3 is 2.48 bits per heavy atom. The number of carbonyl (C=O) groups excluding carboxylic acids is 2. The lowest BCUT2D eigenvalue weighted by molar-refractivity contribution is -0.137. The lowest BCUT2D eigenvalue weighted by Gasteiger charge is -2.27. The van der Waals surface area contributed by atoms with E-state index in [1.165, 1.54) is 6.39 Å². The monoisotopic (exact) mass is 545 g/mol. The van der Waals surface area contributed by atoms with Crippen LogP contribution in [0, 0.1) is 19.3 Å². The van der Waals surface area contributed by atoms with Crippen LogP contribution in [0.3, 0.4) is 0 Å². The summed E-state index contributed by atoms with van der Waals surface area (Å²) in [5, 5.41) is 0.565. The van der Waals surface area contributed by atoms with Gasteiger partial charge in [-0.25, -0.2) is 4.98 Å². The topological polar surface area (TPSA) is 105 Å². The standard InChI is InChI=1S/C30H35N5O5/c1-7-35-24-9-8-21(15-25(24)32(6)28(37)30(4,5)29(35)38)16-33(17-23-20(3)39-18-31-23)12-13-34-11-10-26-22(27(34)36)14-19(2)40-26/h8-11,14-15,18H,7,12-13,16-17H2,1-6H3. The number of aryl methyl sites for hydroxylation is 2. The van der Waals surface area contributed by atoms with Gasteiger partial charge in [0.1, 0.15) is 22.5 Å². The first-order valence-electron chi connectivity index (χ1n) is 13.4. The normalized spacial score (nSPS) is 15.3. The Bertz CT molecular complexity index is 1650. The van der Waals surface area contributed by atoms with Crippen molar-refractivity contribution in [3.8, 4) is 0 Å². The highest BCUT2D eigenvalue weighted by Crippen LogP contribution is 2.39. The molecule has 3 aromatic heterocycles. The lowest BCUT2D eigenvalue weighted by Crippen LogP contribution is -2.47. The Kier molecular flexibility index (Phi) is 7.14. The van der Waals surface area contributed by atoms with E-state index in [1.54, 1.807) is 47.5 Å². The molecule has 0 N–H and O–H groups in total. The summed E-state index contributed by atoms with van der Waals surface area (Å²) in [7, 11) is 1.72. The number of hydrogen-bond acceptors (Lipinski definition) is 7. The van der Waals surface area contributed by atoms with Crippen LogP contribution in [-0.4, -0.2) is 46.4 Å². The largest absolute Gasteiger partial charge is 0.461 e. The highest BCUT2D eigenvalue weighted by Gasteiger charge is 2.45. The van der Waals surface area contributed by atoms with Crippen LogP contribution in [0.2, 0.25) is 0 Å². The number of nitrogens with zero attached hydrogens (tertiary/aromatic N) is 5. The summed E-state index contributed by atoms with van der Waals surface area (Å²) in [5.74, 6) is 0.985. The molecule has 0 spiro atoms. The molecule has 10 nitrogen and oxygen atoms in total. The minimum Gasteiger partial charge on any atom is -0.461 e. The molecule has 210 valence electrons. The molecule has 0 saturated carbocycles. The molecule has 1 aromatic carbocycles. The molecule has 4 aromatic rings. The average molecular weight is 546 g/mol. The molecule has 0 atom stereocenters. The van der Waals surface area contributed by atoms with Gasteiger partial charge < -0.3 is 23.2 Å². The maximum absolute atomic E-state index is 13.3. The zero-order valence-corrected chi connectivity index (χ0v) is 23.9. The fourth-order valence-electron chi connectivity index (χ4n) is 5.34. The van der Waals surface area contributed by atoms with Gasteiger partial charge in [-0.15, -0.1) is 0 Å². The Hall–Kier alpha value is -4.18. The molecule has 5 rings (SSSR count). The molecule has 0 radical (unpaired) electrons. The van der Waals surface area contributed by atoms with Gasteiger partial charge in [-0.3, -0.25) is 19.3 Å². The van der Waals surface area contributed by atoms with Gasteiger partial charge in [-0.2, -0.15) is 0 Å². The van der Waals surface area contributed by atoms with E-state index >= 15 is 0 Å². The van der Waals surface area contributed by atoms with E-state index in [0.29, 0.717) is 60.8 Å². The van der Waals surface area contributed by atoms with E-state index in [1.807, 2.05) is 45.0 Å². The first kappa shape index (κ1) is 27.4. The number of furan rings is 1. The van der Waals surface area contributed by atoms with E-state index in [4.69, 9.17) is 8.83 Å². The highest BCUT2D eigenvalue weighted by atomic mass is 16.3. The van der Waals surface area contributed by atoms with Gasteiger partial charge in [0.2, 0.25) is 11.8 Å². The Labute approximate surface area is 232 Å². The molecule has 0 aliphatic carbocycles. The Morgan fingerprint density at radius 1 is 1.00 bits per heavy atom. The summed E-state index contributed by atoms with van der Waals surface area (Å²) in [6.45, 7) is 11.5. The first-order valence-corrected chi connectivity index (χ1v) is 13.4. The number of fused-ring (bicyclic) bond motifs is 2. The van der Waals surface area contributed by atoms with Crippen LogP contribution in [0.4, 0.5) is 11.4 Å². The van der Waals surface area contributed by atoms with Crippen molar-refractivity contribution in [3.63, 3.8) is 0 Å². The molecule has 1 aliphatic rings. The second-order valence-corrected chi connectivity index (χ2v) is 10.9. The predicted molar refractivity (Wildman–Crippen MR) is 152 cm³/mol. The van der Waals surface area contributed by atoms with Crippen molar-refractivity contribution in [2.24, 2.45) is 5.41 Å². The van der Waals surface area contributed by atoms with E-state index in [-0.39, 0.29) is 17.4 Å². The van der Waals surface area contributed by atoms with Crippen LogP contribution in [0.1, 0.15) is 43.5 Å². The quantitative estimate of drug-likeness (QED) is 0.305. The van der Waals surface area contributed by atoms with Crippen molar-refractivity contribution in [1.82, 2.24) is 14.5 Å². The third kappa shape index (κ3) is 4.83. The van der Waals surface area contributed by atoms with E-state index in [0.717, 1.165) is 17.0 Å². The Morgan fingerprint density at radius 2 is 1.77 bits per heavy atom.